The molecule has 0 atom stereocenters. The van der Waals surface area contributed by atoms with Gasteiger partial charge in [0.15, 0.2) is 0 Å². The molecule has 0 aromatic heterocycles. The van der Waals surface area contributed by atoms with Crippen molar-refractivity contribution in [1.82, 2.24) is 9.03 Å². The fourth-order valence-corrected chi connectivity index (χ4v) is 4.25. The van der Waals surface area contributed by atoms with Gasteiger partial charge in [0.05, 0.1) is 0 Å². The molecule has 1 aliphatic heterocycles. The molecule has 1 fully saturated rings. The van der Waals surface area contributed by atoms with Gasteiger partial charge in [-0.1, -0.05) is 24.3 Å². The minimum absolute atomic E-state index is 0.00445. The van der Waals surface area contributed by atoms with Crippen molar-refractivity contribution in [2.45, 2.75) is 32.2 Å². The summed E-state index contributed by atoms with van der Waals surface area (Å²) in [6.45, 7) is 1.53. The number of benzene rings is 1. The Morgan fingerprint density at radius 3 is 2.62 bits per heavy atom. The number of hydrogen-bond donors (Lipinski definition) is 2. The van der Waals surface area contributed by atoms with Gasteiger partial charge in [0, 0.05) is 26.2 Å². The van der Waals surface area contributed by atoms with E-state index in [1.54, 1.807) is 0 Å². The van der Waals surface area contributed by atoms with Crippen LogP contribution in [0.15, 0.2) is 24.3 Å². The van der Waals surface area contributed by atoms with Crippen LogP contribution in [0.1, 0.15) is 30.4 Å². The minimum Gasteiger partial charge on any atom is -0.396 e. The first-order chi connectivity index (χ1) is 10.0. The highest BCUT2D eigenvalue weighted by Gasteiger charge is 2.43. The molecule has 3 rings (SSSR count). The molecular weight excluding hydrogens is 288 g/mol. The molecule has 0 bridgehead atoms. The van der Waals surface area contributed by atoms with E-state index in [0.29, 0.717) is 26.1 Å². The fraction of sp³-hybridized carbons (Fsp3) is 0.600. The van der Waals surface area contributed by atoms with E-state index in [1.165, 1.54) is 9.87 Å². The SMILES string of the molecule is O=S(=O)(NCC1(CCO)CC1)N1CCc2ccccc2C1. The lowest BCUT2D eigenvalue weighted by atomic mass is 10.0. The van der Waals surface area contributed by atoms with Crippen LogP contribution >= 0.6 is 0 Å². The lowest BCUT2D eigenvalue weighted by Gasteiger charge is -2.28. The lowest BCUT2D eigenvalue weighted by Crippen LogP contribution is -2.45. The summed E-state index contributed by atoms with van der Waals surface area (Å²) < 4.78 is 29.1. The van der Waals surface area contributed by atoms with Crippen molar-refractivity contribution >= 4 is 10.2 Å². The summed E-state index contributed by atoms with van der Waals surface area (Å²) in [5.41, 5.74) is 2.32. The van der Waals surface area contributed by atoms with Crippen molar-refractivity contribution < 1.29 is 13.5 Å². The van der Waals surface area contributed by atoms with E-state index in [0.717, 1.165) is 24.8 Å². The average Bonchev–Trinajstić information content (AvgIpc) is 3.25. The van der Waals surface area contributed by atoms with Crippen molar-refractivity contribution in [1.29, 1.82) is 0 Å². The second kappa shape index (κ2) is 5.68. The standard InChI is InChI=1S/C15H22N2O3S/c18-10-8-15(6-7-15)12-16-21(19,20)17-9-5-13-3-1-2-4-14(13)11-17/h1-4,16,18H,5-12H2. The van der Waals surface area contributed by atoms with Crippen LogP contribution in [-0.2, 0) is 23.2 Å². The zero-order valence-electron chi connectivity index (χ0n) is 12.1. The number of aliphatic hydroxyl groups excluding tert-OH is 1. The van der Waals surface area contributed by atoms with Gasteiger partial charge in [0.1, 0.15) is 0 Å². The normalized spacial score (nSPS) is 21.0. The molecule has 6 heteroatoms. The molecular formula is C15H22N2O3S. The van der Waals surface area contributed by atoms with E-state index in [1.807, 2.05) is 18.2 Å². The number of nitrogens with one attached hydrogen (secondary N) is 1. The van der Waals surface area contributed by atoms with E-state index in [-0.39, 0.29) is 12.0 Å². The summed E-state index contributed by atoms with van der Waals surface area (Å²) in [4.78, 5) is 0. The van der Waals surface area contributed by atoms with Crippen LogP contribution in [0.3, 0.4) is 0 Å². The van der Waals surface area contributed by atoms with Gasteiger partial charge in [-0.05, 0) is 42.2 Å². The first kappa shape index (κ1) is 15.0. The maximum absolute atomic E-state index is 12.4. The highest BCUT2D eigenvalue weighted by molar-refractivity contribution is 7.87. The maximum atomic E-state index is 12.4. The first-order valence-corrected chi connectivity index (χ1v) is 8.91. The molecule has 0 spiro atoms. The van der Waals surface area contributed by atoms with Gasteiger partial charge in [0.2, 0.25) is 0 Å². The lowest BCUT2D eigenvalue weighted by molar-refractivity contribution is 0.248. The molecule has 0 radical (unpaired) electrons. The van der Waals surface area contributed by atoms with Crippen molar-refractivity contribution in [2.75, 3.05) is 19.7 Å². The second-order valence-corrected chi connectivity index (χ2v) is 7.91. The van der Waals surface area contributed by atoms with Gasteiger partial charge < -0.3 is 5.11 Å². The maximum Gasteiger partial charge on any atom is 0.279 e. The Labute approximate surface area is 126 Å². The largest absolute Gasteiger partial charge is 0.396 e. The summed E-state index contributed by atoms with van der Waals surface area (Å²) in [7, 11) is -3.44. The van der Waals surface area contributed by atoms with Gasteiger partial charge in [0.25, 0.3) is 10.2 Å². The Kier molecular flexibility index (Phi) is 4.05. The van der Waals surface area contributed by atoms with E-state index in [2.05, 4.69) is 10.8 Å². The number of aliphatic hydroxyl groups is 1. The predicted molar refractivity (Wildman–Crippen MR) is 80.8 cm³/mol. The monoisotopic (exact) mass is 310 g/mol. The van der Waals surface area contributed by atoms with Crippen LogP contribution in [0.2, 0.25) is 0 Å². The van der Waals surface area contributed by atoms with Crippen molar-refractivity contribution in [3.8, 4) is 0 Å². The van der Waals surface area contributed by atoms with E-state index < -0.39 is 10.2 Å². The predicted octanol–water partition coefficient (Wildman–Crippen LogP) is 1.04. The Bertz CT molecular complexity index is 611. The summed E-state index contributed by atoms with van der Waals surface area (Å²) >= 11 is 0. The fourth-order valence-electron chi connectivity index (χ4n) is 2.94. The Balaban J connectivity index is 1.64. The molecule has 0 unspecified atom stereocenters. The zero-order valence-corrected chi connectivity index (χ0v) is 12.9. The van der Waals surface area contributed by atoms with E-state index >= 15 is 0 Å². The third kappa shape index (κ3) is 3.29. The Morgan fingerprint density at radius 1 is 1.24 bits per heavy atom. The van der Waals surface area contributed by atoms with Crippen LogP contribution in [0.5, 0.6) is 0 Å². The topological polar surface area (TPSA) is 69.6 Å². The zero-order chi connectivity index (χ0) is 14.9. The molecule has 5 nitrogen and oxygen atoms in total. The van der Waals surface area contributed by atoms with Gasteiger partial charge in [-0.15, -0.1) is 0 Å². The number of fused-ring (bicyclic) bond motifs is 1. The van der Waals surface area contributed by atoms with Gasteiger partial charge in [-0.25, -0.2) is 4.72 Å². The molecule has 21 heavy (non-hydrogen) atoms. The second-order valence-electron chi connectivity index (χ2n) is 6.15. The molecule has 2 N–H and O–H groups in total. The first-order valence-electron chi connectivity index (χ1n) is 7.47. The Morgan fingerprint density at radius 2 is 1.95 bits per heavy atom. The van der Waals surface area contributed by atoms with Crippen LogP contribution in [0.25, 0.3) is 0 Å². The molecule has 1 saturated carbocycles. The van der Waals surface area contributed by atoms with Gasteiger partial charge in [-0.3, -0.25) is 0 Å². The van der Waals surface area contributed by atoms with Gasteiger partial charge in [-0.2, -0.15) is 12.7 Å². The highest BCUT2D eigenvalue weighted by Crippen LogP contribution is 2.48. The molecule has 1 aromatic carbocycles. The van der Waals surface area contributed by atoms with E-state index in [4.69, 9.17) is 5.11 Å². The number of rotatable bonds is 6. The smallest absolute Gasteiger partial charge is 0.279 e. The summed E-state index contributed by atoms with van der Waals surface area (Å²) in [6.07, 6.45) is 3.44. The summed E-state index contributed by atoms with van der Waals surface area (Å²) in [6, 6.07) is 7.99. The molecule has 1 aliphatic carbocycles. The molecule has 0 amide bonds. The Hall–Kier alpha value is -0.950. The minimum atomic E-state index is -3.44. The van der Waals surface area contributed by atoms with Crippen LogP contribution in [0, 0.1) is 5.41 Å². The summed E-state index contributed by atoms with van der Waals surface area (Å²) in [5.74, 6) is 0. The average molecular weight is 310 g/mol. The van der Waals surface area contributed by atoms with Crippen molar-refractivity contribution in [3.63, 3.8) is 0 Å². The van der Waals surface area contributed by atoms with Gasteiger partial charge >= 0.3 is 0 Å². The summed E-state index contributed by atoms with van der Waals surface area (Å²) in [5, 5.41) is 9.04. The molecule has 116 valence electrons. The third-order valence-corrected chi connectivity index (χ3v) is 6.17. The molecule has 2 aliphatic rings. The van der Waals surface area contributed by atoms with E-state index in [9.17, 15) is 8.42 Å². The number of nitrogens with zero attached hydrogens (tertiary/aromatic N) is 1. The van der Waals surface area contributed by atoms with Crippen LogP contribution < -0.4 is 4.72 Å². The molecule has 1 heterocycles. The third-order valence-electron chi connectivity index (χ3n) is 4.66. The molecule has 0 saturated heterocycles. The van der Waals surface area contributed by atoms with Crippen LogP contribution in [-0.4, -0.2) is 37.5 Å². The van der Waals surface area contributed by atoms with Crippen molar-refractivity contribution in [2.24, 2.45) is 5.41 Å². The highest BCUT2D eigenvalue weighted by atomic mass is 32.2. The molecule has 1 aromatic rings. The van der Waals surface area contributed by atoms with Crippen molar-refractivity contribution in [3.05, 3.63) is 35.4 Å². The quantitative estimate of drug-likeness (QED) is 0.825. The van der Waals surface area contributed by atoms with Crippen LogP contribution in [0.4, 0.5) is 0 Å². The number of hydrogen-bond acceptors (Lipinski definition) is 3.